The summed E-state index contributed by atoms with van der Waals surface area (Å²) in [4.78, 5) is 20.0. The second-order valence-corrected chi connectivity index (χ2v) is 8.06. The molecule has 31 heavy (non-hydrogen) atoms. The lowest BCUT2D eigenvalue weighted by molar-refractivity contribution is -0.119. The van der Waals surface area contributed by atoms with E-state index in [1.54, 1.807) is 12.1 Å². The summed E-state index contributed by atoms with van der Waals surface area (Å²) in [5.74, 6) is 1.48. The van der Waals surface area contributed by atoms with Gasteiger partial charge in [0.05, 0.1) is 11.0 Å². The van der Waals surface area contributed by atoms with E-state index in [1.165, 1.54) is 5.56 Å². The second-order valence-electron chi connectivity index (χ2n) is 7.62. The zero-order valence-electron chi connectivity index (χ0n) is 17.0. The van der Waals surface area contributed by atoms with Gasteiger partial charge in [-0.05, 0) is 60.9 Å². The van der Waals surface area contributed by atoms with E-state index in [0.29, 0.717) is 10.8 Å². The molecule has 0 N–H and O–H groups in total. The molecule has 1 aliphatic rings. The highest BCUT2D eigenvalue weighted by atomic mass is 35.5. The Balaban J connectivity index is 1.43. The number of hydrogen-bond donors (Lipinski definition) is 0. The number of amides is 1. The van der Waals surface area contributed by atoms with Gasteiger partial charge in [-0.15, -0.1) is 0 Å². The van der Waals surface area contributed by atoms with Crippen LogP contribution in [0.4, 0.5) is 5.69 Å². The Morgan fingerprint density at radius 2 is 1.77 bits per heavy atom. The molecule has 3 aromatic carbocycles. The normalized spacial score (nSPS) is 13.3. The highest BCUT2D eigenvalue weighted by Gasteiger charge is 2.24. The van der Waals surface area contributed by atoms with E-state index in [-0.39, 0.29) is 19.1 Å². The van der Waals surface area contributed by atoms with Crippen LogP contribution >= 0.6 is 11.6 Å². The van der Waals surface area contributed by atoms with E-state index in [2.05, 4.69) is 6.07 Å². The zero-order valence-corrected chi connectivity index (χ0v) is 17.8. The van der Waals surface area contributed by atoms with E-state index in [9.17, 15) is 4.79 Å². The summed E-state index contributed by atoms with van der Waals surface area (Å²) >= 11 is 5.96. The Kier molecular flexibility index (Phi) is 5.35. The molecular formula is C25H22ClN3O2. The number of carbonyl (C=O) groups is 1. The number of aryl methyl sites for hydroxylation is 1. The van der Waals surface area contributed by atoms with Crippen molar-refractivity contribution >= 4 is 34.2 Å². The monoisotopic (exact) mass is 431 g/mol. The third-order valence-corrected chi connectivity index (χ3v) is 5.87. The van der Waals surface area contributed by atoms with Crippen molar-refractivity contribution in [2.75, 3.05) is 11.4 Å². The van der Waals surface area contributed by atoms with Crippen molar-refractivity contribution in [3.8, 4) is 5.75 Å². The second kappa shape index (κ2) is 8.44. The van der Waals surface area contributed by atoms with Crippen LogP contribution in [0.25, 0.3) is 11.0 Å². The first-order chi connectivity index (χ1) is 15.2. The van der Waals surface area contributed by atoms with Gasteiger partial charge in [-0.25, -0.2) is 4.98 Å². The topological polar surface area (TPSA) is 47.4 Å². The van der Waals surface area contributed by atoms with Gasteiger partial charge in [0.2, 0.25) is 5.91 Å². The predicted molar refractivity (Wildman–Crippen MR) is 123 cm³/mol. The van der Waals surface area contributed by atoms with E-state index in [1.807, 2.05) is 64.1 Å². The van der Waals surface area contributed by atoms with Gasteiger partial charge in [-0.2, -0.15) is 0 Å². The SMILES string of the molecule is O=C(Cn1c(COc2ccc(Cl)cc2)nc2ccccc21)N1CCCc2ccccc21. The molecule has 0 saturated carbocycles. The number of para-hydroxylation sites is 3. The van der Waals surface area contributed by atoms with Gasteiger partial charge in [0, 0.05) is 17.3 Å². The summed E-state index contributed by atoms with van der Waals surface area (Å²) in [6.45, 7) is 1.22. The van der Waals surface area contributed by atoms with E-state index in [0.717, 1.165) is 41.9 Å². The minimum Gasteiger partial charge on any atom is -0.486 e. The van der Waals surface area contributed by atoms with Gasteiger partial charge in [0.15, 0.2) is 0 Å². The van der Waals surface area contributed by atoms with Crippen LogP contribution in [0.15, 0.2) is 72.8 Å². The Labute approximate surface area is 185 Å². The minimum atomic E-state index is 0.0584. The van der Waals surface area contributed by atoms with Gasteiger partial charge < -0.3 is 14.2 Å². The number of rotatable bonds is 5. The van der Waals surface area contributed by atoms with Crippen molar-refractivity contribution in [3.63, 3.8) is 0 Å². The minimum absolute atomic E-state index is 0.0584. The maximum atomic E-state index is 13.4. The summed E-state index contributed by atoms with van der Waals surface area (Å²) in [5, 5.41) is 0.659. The Bertz CT molecular complexity index is 1230. The quantitative estimate of drug-likeness (QED) is 0.433. The molecule has 4 aromatic rings. The number of imidazole rings is 1. The predicted octanol–water partition coefficient (Wildman–Crippen LogP) is 5.25. The first-order valence-electron chi connectivity index (χ1n) is 10.4. The molecule has 1 aromatic heterocycles. The van der Waals surface area contributed by atoms with Crippen molar-refractivity contribution in [1.82, 2.24) is 9.55 Å². The molecule has 0 fully saturated rings. The van der Waals surface area contributed by atoms with E-state index < -0.39 is 0 Å². The Hall–Kier alpha value is -3.31. The van der Waals surface area contributed by atoms with Crippen LogP contribution in [0.1, 0.15) is 17.8 Å². The molecule has 0 bridgehead atoms. The molecule has 1 amide bonds. The third-order valence-electron chi connectivity index (χ3n) is 5.62. The molecule has 5 nitrogen and oxygen atoms in total. The first-order valence-corrected chi connectivity index (χ1v) is 10.8. The van der Waals surface area contributed by atoms with Gasteiger partial charge in [0.25, 0.3) is 0 Å². The molecule has 0 saturated heterocycles. The Morgan fingerprint density at radius 1 is 1.00 bits per heavy atom. The fourth-order valence-electron chi connectivity index (χ4n) is 4.10. The molecule has 6 heteroatoms. The van der Waals surface area contributed by atoms with Crippen LogP contribution in [0.5, 0.6) is 5.75 Å². The molecule has 2 heterocycles. The van der Waals surface area contributed by atoms with E-state index in [4.69, 9.17) is 21.3 Å². The molecule has 5 rings (SSSR count). The number of benzene rings is 3. The summed E-state index contributed by atoms with van der Waals surface area (Å²) in [6.07, 6.45) is 1.98. The number of nitrogens with zero attached hydrogens (tertiary/aromatic N) is 3. The molecular weight excluding hydrogens is 410 g/mol. The summed E-state index contributed by atoms with van der Waals surface area (Å²) in [6, 6.07) is 23.2. The molecule has 0 atom stereocenters. The number of halogens is 1. The van der Waals surface area contributed by atoms with Crippen LogP contribution in [0.3, 0.4) is 0 Å². The fraction of sp³-hybridized carbons (Fsp3) is 0.200. The summed E-state index contributed by atoms with van der Waals surface area (Å²) < 4.78 is 7.90. The lowest BCUT2D eigenvalue weighted by Crippen LogP contribution is -2.38. The highest BCUT2D eigenvalue weighted by Crippen LogP contribution is 2.27. The third kappa shape index (κ3) is 4.01. The first kappa shape index (κ1) is 19.6. The van der Waals surface area contributed by atoms with Crippen molar-refractivity contribution in [3.05, 3.63) is 89.2 Å². The number of aromatic nitrogens is 2. The molecule has 0 spiro atoms. The standard InChI is InChI=1S/C25H22ClN3O2/c26-19-11-13-20(14-12-19)31-17-24-27-21-8-2-4-10-23(21)29(24)16-25(30)28-15-5-7-18-6-1-3-9-22(18)28/h1-4,6,8-14H,5,7,15-17H2. The van der Waals surface area contributed by atoms with Crippen molar-refractivity contribution in [2.24, 2.45) is 0 Å². The molecule has 0 aliphatic carbocycles. The van der Waals surface area contributed by atoms with Crippen LogP contribution in [-0.2, 0) is 24.4 Å². The van der Waals surface area contributed by atoms with Crippen molar-refractivity contribution < 1.29 is 9.53 Å². The molecule has 0 unspecified atom stereocenters. The number of ether oxygens (including phenoxy) is 1. The van der Waals surface area contributed by atoms with Gasteiger partial charge in [-0.1, -0.05) is 41.9 Å². The fourth-order valence-corrected chi connectivity index (χ4v) is 4.23. The van der Waals surface area contributed by atoms with E-state index >= 15 is 0 Å². The molecule has 0 radical (unpaired) electrons. The average molecular weight is 432 g/mol. The number of anilines is 1. The van der Waals surface area contributed by atoms with Gasteiger partial charge >= 0.3 is 0 Å². The van der Waals surface area contributed by atoms with Crippen LogP contribution in [-0.4, -0.2) is 22.0 Å². The highest BCUT2D eigenvalue weighted by molar-refractivity contribution is 6.30. The van der Waals surface area contributed by atoms with Gasteiger partial charge in [-0.3, -0.25) is 4.79 Å². The number of carbonyl (C=O) groups excluding carboxylic acids is 1. The largest absolute Gasteiger partial charge is 0.486 e. The average Bonchev–Trinajstić information content (AvgIpc) is 3.15. The maximum Gasteiger partial charge on any atom is 0.246 e. The maximum absolute atomic E-state index is 13.4. The van der Waals surface area contributed by atoms with Crippen molar-refractivity contribution in [2.45, 2.75) is 26.0 Å². The number of fused-ring (bicyclic) bond motifs is 2. The Morgan fingerprint density at radius 3 is 2.65 bits per heavy atom. The van der Waals surface area contributed by atoms with Crippen LogP contribution in [0.2, 0.25) is 5.02 Å². The lowest BCUT2D eigenvalue weighted by Gasteiger charge is -2.29. The smallest absolute Gasteiger partial charge is 0.246 e. The van der Waals surface area contributed by atoms with Crippen LogP contribution < -0.4 is 9.64 Å². The van der Waals surface area contributed by atoms with Gasteiger partial charge in [0.1, 0.15) is 24.7 Å². The zero-order chi connectivity index (χ0) is 21.2. The summed E-state index contributed by atoms with van der Waals surface area (Å²) in [7, 11) is 0. The van der Waals surface area contributed by atoms with Crippen LogP contribution in [0, 0.1) is 0 Å². The number of hydrogen-bond acceptors (Lipinski definition) is 3. The summed E-state index contributed by atoms with van der Waals surface area (Å²) in [5.41, 5.74) is 4.02. The lowest BCUT2D eigenvalue weighted by atomic mass is 10.0. The molecule has 156 valence electrons. The molecule has 1 aliphatic heterocycles. The van der Waals surface area contributed by atoms with Crippen molar-refractivity contribution in [1.29, 1.82) is 0 Å².